The van der Waals surface area contributed by atoms with E-state index in [-0.39, 0.29) is 11.8 Å². The highest BCUT2D eigenvalue weighted by Gasteiger charge is 2.15. The Morgan fingerprint density at radius 1 is 1.26 bits per heavy atom. The molecule has 0 amide bonds. The Labute approximate surface area is 134 Å². The second-order valence-corrected chi connectivity index (χ2v) is 5.51. The monoisotopic (exact) mass is 314 g/mol. The lowest BCUT2D eigenvalue weighted by atomic mass is 10.1. The average molecular weight is 314 g/mol. The van der Waals surface area contributed by atoms with Gasteiger partial charge in [0.05, 0.1) is 6.20 Å². The van der Waals surface area contributed by atoms with E-state index in [0.717, 1.165) is 43.4 Å². The number of aliphatic imine (C=N–C) groups is 1. The zero-order valence-electron chi connectivity index (χ0n) is 13.1. The van der Waals surface area contributed by atoms with Crippen molar-refractivity contribution in [2.75, 3.05) is 13.6 Å². The molecule has 0 bridgehead atoms. The van der Waals surface area contributed by atoms with E-state index < -0.39 is 5.82 Å². The van der Waals surface area contributed by atoms with Crippen LogP contribution in [-0.4, -0.2) is 34.3 Å². The van der Waals surface area contributed by atoms with E-state index in [4.69, 9.17) is 4.74 Å². The maximum atomic E-state index is 13.9. The zero-order valence-corrected chi connectivity index (χ0v) is 13.1. The van der Waals surface area contributed by atoms with Gasteiger partial charge in [0, 0.05) is 20.0 Å². The van der Waals surface area contributed by atoms with Crippen molar-refractivity contribution in [1.82, 2.24) is 14.9 Å². The number of rotatable bonds is 4. The zero-order chi connectivity index (χ0) is 16.1. The summed E-state index contributed by atoms with van der Waals surface area (Å²) in [5.41, 5.74) is 1.00. The highest BCUT2D eigenvalue weighted by molar-refractivity contribution is 5.84. The molecule has 0 aliphatic carbocycles. The fourth-order valence-electron chi connectivity index (χ4n) is 2.43. The lowest BCUT2D eigenvalue weighted by Crippen LogP contribution is -2.31. The average Bonchev–Trinajstić information content (AvgIpc) is 2.58. The molecule has 3 rings (SSSR count). The van der Waals surface area contributed by atoms with Gasteiger partial charge in [-0.25, -0.2) is 14.4 Å². The molecule has 1 saturated heterocycles. The normalized spacial score (nSPS) is 16.6. The first kappa shape index (κ1) is 15.4. The first-order valence-electron chi connectivity index (χ1n) is 7.70. The van der Waals surface area contributed by atoms with E-state index in [1.165, 1.54) is 0 Å². The van der Waals surface area contributed by atoms with Crippen LogP contribution in [0.5, 0.6) is 6.01 Å². The summed E-state index contributed by atoms with van der Waals surface area (Å²) in [5.74, 6) is 0.346. The van der Waals surface area contributed by atoms with Crippen LogP contribution in [0.1, 0.15) is 24.8 Å². The molecule has 2 heterocycles. The van der Waals surface area contributed by atoms with Crippen LogP contribution in [0.25, 0.3) is 0 Å². The summed E-state index contributed by atoms with van der Waals surface area (Å²) in [7, 11) is 1.96. The van der Waals surface area contributed by atoms with Gasteiger partial charge < -0.3 is 9.64 Å². The van der Waals surface area contributed by atoms with Crippen molar-refractivity contribution < 1.29 is 9.13 Å². The molecule has 0 N–H and O–H groups in total. The van der Waals surface area contributed by atoms with Crippen molar-refractivity contribution >= 4 is 11.7 Å². The largest absolute Gasteiger partial charge is 0.459 e. The minimum Gasteiger partial charge on any atom is -0.459 e. The Bertz CT molecular complexity index is 690. The summed E-state index contributed by atoms with van der Waals surface area (Å²) in [6.07, 6.45) is 4.14. The van der Waals surface area contributed by atoms with Gasteiger partial charge in [0.15, 0.2) is 11.6 Å². The lowest BCUT2D eigenvalue weighted by Gasteiger charge is -2.25. The molecule has 0 saturated carbocycles. The molecular formula is C17H19FN4O. The number of hydrogen-bond donors (Lipinski definition) is 0. The maximum absolute atomic E-state index is 13.9. The first-order valence-corrected chi connectivity index (χ1v) is 7.70. The number of hydrogen-bond acceptors (Lipinski definition) is 4. The summed E-state index contributed by atoms with van der Waals surface area (Å²) >= 11 is 0. The molecular weight excluding hydrogens is 295 g/mol. The maximum Gasteiger partial charge on any atom is 0.318 e. The van der Waals surface area contributed by atoms with Gasteiger partial charge in [0.1, 0.15) is 12.4 Å². The quantitative estimate of drug-likeness (QED) is 0.868. The van der Waals surface area contributed by atoms with Crippen LogP contribution in [0, 0.1) is 5.82 Å². The fraction of sp³-hybridized carbons (Fsp3) is 0.353. The molecule has 0 atom stereocenters. The SMILES string of the molecule is CN1CCCCC1=Nc1nc(OCc2ccccc2)ncc1F. The van der Waals surface area contributed by atoms with E-state index in [0.29, 0.717) is 6.61 Å². The van der Waals surface area contributed by atoms with E-state index in [9.17, 15) is 4.39 Å². The predicted octanol–water partition coefficient (Wildman–Crippen LogP) is 3.34. The number of halogens is 1. The Morgan fingerprint density at radius 3 is 2.87 bits per heavy atom. The van der Waals surface area contributed by atoms with Crippen molar-refractivity contribution in [3.8, 4) is 6.01 Å². The third-order valence-corrected chi connectivity index (χ3v) is 3.73. The number of nitrogens with zero attached hydrogens (tertiary/aromatic N) is 4. The molecule has 5 nitrogen and oxygen atoms in total. The van der Waals surface area contributed by atoms with Gasteiger partial charge in [-0.2, -0.15) is 4.98 Å². The Hall–Kier alpha value is -2.50. The number of benzene rings is 1. The van der Waals surface area contributed by atoms with Crippen molar-refractivity contribution in [2.45, 2.75) is 25.9 Å². The number of piperidine rings is 1. The van der Waals surface area contributed by atoms with Crippen molar-refractivity contribution in [2.24, 2.45) is 4.99 Å². The molecule has 1 aliphatic heterocycles. The number of aromatic nitrogens is 2. The minimum absolute atomic E-state index is 0.0341. The molecule has 0 unspecified atom stereocenters. The highest BCUT2D eigenvalue weighted by Crippen LogP contribution is 2.20. The second kappa shape index (κ2) is 7.17. The van der Waals surface area contributed by atoms with Crippen LogP contribution < -0.4 is 4.74 Å². The Morgan fingerprint density at radius 2 is 2.09 bits per heavy atom. The standard InChI is InChI=1S/C17H19FN4O/c1-22-10-6-5-9-15(22)20-16-14(18)11-19-17(21-16)23-12-13-7-3-2-4-8-13/h2-4,7-8,11H,5-6,9-10,12H2,1H3. The Kier molecular flexibility index (Phi) is 4.80. The summed E-state index contributed by atoms with van der Waals surface area (Å²) in [4.78, 5) is 14.4. The van der Waals surface area contributed by atoms with Gasteiger partial charge in [-0.15, -0.1) is 0 Å². The van der Waals surface area contributed by atoms with Crippen LogP contribution >= 0.6 is 0 Å². The van der Waals surface area contributed by atoms with Crippen molar-refractivity contribution in [3.05, 3.63) is 47.9 Å². The smallest absolute Gasteiger partial charge is 0.318 e. The molecule has 23 heavy (non-hydrogen) atoms. The molecule has 6 heteroatoms. The predicted molar refractivity (Wildman–Crippen MR) is 86.3 cm³/mol. The summed E-state index contributed by atoms with van der Waals surface area (Å²) < 4.78 is 19.4. The topological polar surface area (TPSA) is 50.6 Å². The fourth-order valence-corrected chi connectivity index (χ4v) is 2.43. The van der Waals surface area contributed by atoms with Gasteiger partial charge in [-0.05, 0) is 18.4 Å². The molecule has 1 aliphatic rings. The van der Waals surface area contributed by atoms with Crippen LogP contribution in [0.15, 0.2) is 41.5 Å². The summed E-state index contributed by atoms with van der Waals surface area (Å²) in [5, 5.41) is 0. The number of ether oxygens (including phenoxy) is 1. The van der Waals surface area contributed by atoms with Crippen LogP contribution in [0.4, 0.5) is 10.2 Å². The van der Waals surface area contributed by atoms with Crippen LogP contribution in [-0.2, 0) is 6.61 Å². The molecule has 2 aromatic rings. The van der Waals surface area contributed by atoms with Crippen LogP contribution in [0.3, 0.4) is 0 Å². The minimum atomic E-state index is -0.538. The highest BCUT2D eigenvalue weighted by atomic mass is 19.1. The van der Waals surface area contributed by atoms with Gasteiger partial charge in [-0.1, -0.05) is 30.3 Å². The number of likely N-dealkylation sites (tertiary alicyclic amines) is 1. The third-order valence-electron chi connectivity index (χ3n) is 3.73. The summed E-state index contributed by atoms with van der Waals surface area (Å²) in [6, 6.07) is 9.82. The van der Waals surface area contributed by atoms with E-state index in [1.807, 2.05) is 42.3 Å². The molecule has 0 spiro atoms. The molecule has 1 aromatic carbocycles. The van der Waals surface area contributed by atoms with Crippen LogP contribution in [0.2, 0.25) is 0 Å². The lowest BCUT2D eigenvalue weighted by molar-refractivity contribution is 0.279. The number of amidine groups is 1. The summed E-state index contributed by atoms with van der Waals surface area (Å²) in [6.45, 7) is 1.27. The van der Waals surface area contributed by atoms with Gasteiger partial charge in [-0.3, -0.25) is 0 Å². The third kappa shape index (κ3) is 4.03. The van der Waals surface area contributed by atoms with Gasteiger partial charge >= 0.3 is 6.01 Å². The van der Waals surface area contributed by atoms with E-state index in [2.05, 4.69) is 15.0 Å². The molecule has 1 aromatic heterocycles. The van der Waals surface area contributed by atoms with Gasteiger partial charge in [0.2, 0.25) is 0 Å². The molecule has 120 valence electrons. The van der Waals surface area contributed by atoms with E-state index in [1.54, 1.807) is 0 Å². The van der Waals surface area contributed by atoms with Gasteiger partial charge in [0.25, 0.3) is 0 Å². The Balaban J connectivity index is 1.75. The first-order chi connectivity index (χ1) is 11.2. The molecule has 0 radical (unpaired) electrons. The van der Waals surface area contributed by atoms with E-state index >= 15 is 0 Å². The van der Waals surface area contributed by atoms with Crippen molar-refractivity contribution in [3.63, 3.8) is 0 Å². The van der Waals surface area contributed by atoms with Crippen molar-refractivity contribution in [1.29, 1.82) is 0 Å². The molecule has 1 fully saturated rings. The second-order valence-electron chi connectivity index (χ2n) is 5.51.